The van der Waals surface area contributed by atoms with E-state index in [4.69, 9.17) is 5.73 Å². The van der Waals surface area contributed by atoms with Gasteiger partial charge in [0.2, 0.25) is 0 Å². The summed E-state index contributed by atoms with van der Waals surface area (Å²) in [7, 11) is 0. The van der Waals surface area contributed by atoms with Crippen molar-refractivity contribution in [1.29, 1.82) is 0 Å². The average molecular weight is 302 g/mol. The first kappa shape index (κ1) is 14.1. The van der Waals surface area contributed by atoms with E-state index >= 15 is 0 Å². The zero-order chi connectivity index (χ0) is 14.7. The predicted octanol–water partition coefficient (Wildman–Crippen LogP) is 1.85. The molecule has 0 fully saturated rings. The summed E-state index contributed by atoms with van der Waals surface area (Å²) in [6.07, 6.45) is 1.98. The second kappa shape index (κ2) is 6.26. The van der Waals surface area contributed by atoms with Crippen molar-refractivity contribution in [3.63, 3.8) is 0 Å². The molecule has 0 saturated heterocycles. The van der Waals surface area contributed by atoms with Crippen LogP contribution in [0.4, 0.5) is 5.82 Å². The number of imidazole rings is 1. The number of hydrogen-bond acceptors (Lipinski definition) is 5. The third-order valence-electron chi connectivity index (χ3n) is 3.42. The normalized spacial score (nSPS) is 11.1. The van der Waals surface area contributed by atoms with Gasteiger partial charge in [0.25, 0.3) is 0 Å². The summed E-state index contributed by atoms with van der Waals surface area (Å²) < 4.78 is 2.02. The van der Waals surface area contributed by atoms with Gasteiger partial charge in [0.05, 0.1) is 12.3 Å². The number of nitrogens with two attached hydrogens (primary N) is 1. The van der Waals surface area contributed by atoms with Crippen LogP contribution in [-0.4, -0.2) is 27.6 Å². The summed E-state index contributed by atoms with van der Waals surface area (Å²) in [4.78, 5) is 7.69. The van der Waals surface area contributed by atoms with Gasteiger partial charge in [0.15, 0.2) is 10.8 Å². The first-order valence-electron chi connectivity index (χ1n) is 6.87. The minimum atomic E-state index is 0.0853. The standard InChI is InChI=1S/C15H18N4OS/c16-10-13-14(17-15-19(13)7-9-21-15)18(6-8-20)11-12-4-2-1-3-5-12/h1-5,7,9,20H,6,8,10-11,16H2. The Bertz CT molecular complexity index is 707. The molecule has 5 nitrogen and oxygen atoms in total. The Morgan fingerprint density at radius 3 is 2.81 bits per heavy atom. The van der Waals surface area contributed by atoms with E-state index < -0.39 is 0 Å². The first-order valence-corrected chi connectivity index (χ1v) is 7.75. The maximum atomic E-state index is 9.36. The molecule has 2 aromatic heterocycles. The van der Waals surface area contributed by atoms with E-state index in [-0.39, 0.29) is 6.61 Å². The van der Waals surface area contributed by atoms with Gasteiger partial charge in [0.1, 0.15) is 0 Å². The van der Waals surface area contributed by atoms with Crippen LogP contribution in [0.3, 0.4) is 0 Å². The Morgan fingerprint density at radius 1 is 1.29 bits per heavy atom. The van der Waals surface area contributed by atoms with E-state index in [9.17, 15) is 5.11 Å². The minimum absolute atomic E-state index is 0.0853. The van der Waals surface area contributed by atoms with Crippen molar-refractivity contribution < 1.29 is 5.11 Å². The number of fused-ring (bicyclic) bond motifs is 1. The molecule has 0 aliphatic rings. The molecule has 0 aliphatic heterocycles. The van der Waals surface area contributed by atoms with Gasteiger partial charge in [-0.05, 0) is 5.56 Å². The molecule has 3 rings (SSSR count). The van der Waals surface area contributed by atoms with Crippen LogP contribution < -0.4 is 10.6 Å². The molecule has 3 N–H and O–H groups in total. The van der Waals surface area contributed by atoms with Crippen LogP contribution in [0.1, 0.15) is 11.3 Å². The Kier molecular flexibility index (Phi) is 4.19. The molecule has 0 saturated carbocycles. The minimum Gasteiger partial charge on any atom is -0.395 e. The summed E-state index contributed by atoms with van der Waals surface area (Å²) in [6, 6.07) is 10.2. The van der Waals surface area contributed by atoms with E-state index in [1.807, 2.05) is 34.2 Å². The van der Waals surface area contributed by atoms with E-state index in [1.165, 1.54) is 5.56 Å². The van der Waals surface area contributed by atoms with E-state index in [1.54, 1.807) is 11.3 Å². The van der Waals surface area contributed by atoms with Crippen molar-refractivity contribution in [2.45, 2.75) is 13.1 Å². The summed E-state index contributed by atoms with van der Waals surface area (Å²) in [6.45, 7) is 1.75. The number of thiazole rings is 1. The van der Waals surface area contributed by atoms with Gasteiger partial charge in [-0.3, -0.25) is 4.40 Å². The number of benzene rings is 1. The Balaban J connectivity index is 1.96. The quantitative estimate of drug-likeness (QED) is 0.729. The van der Waals surface area contributed by atoms with Gasteiger partial charge >= 0.3 is 0 Å². The molecule has 0 unspecified atom stereocenters. The lowest BCUT2D eigenvalue weighted by molar-refractivity contribution is 0.301. The lowest BCUT2D eigenvalue weighted by Crippen LogP contribution is -2.28. The number of aromatic nitrogens is 2. The summed E-state index contributed by atoms with van der Waals surface area (Å²) in [5, 5.41) is 11.4. The van der Waals surface area contributed by atoms with E-state index in [0.717, 1.165) is 16.5 Å². The SMILES string of the molecule is NCc1c(N(CCO)Cc2ccccc2)nc2sccn12. The van der Waals surface area contributed by atoms with Crippen LogP contribution in [0.15, 0.2) is 41.9 Å². The zero-order valence-corrected chi connectivity index (χ0v) is 12.5. The summed E-state index contributed by atoms with van der Waals surface area (Å²) >= 11 is 1.59. The molecule has 21 heavy (non-hydrogen) atoms. The van der Waals surface area contributed by atoms with Crippen LogP contribution >= 0.6 is 11.3 Å². The molecular weight excluding hydrogens is 284 g/mol. The van der Waals surface area contributed by atoms with Gasteiger partial charge in [0, 0.05) is 31.2 Å². The highest BCUT2D eigenvalue weighted by molar-refractivity contribution is 7.15. The molecule has 0 amide bonds. The van der Waals surface area contributed by atoms with Crippen molar-refractivity contribution in [2.75, 3.05) is 18.1 Å². The van der Waals surface area contributed by atoms with Gasteiger partial charge < -0.3 is 15.7 Å². The Hall–Kier alpha value is -1.89. The van der Waals surface area contributed by atoms with Crippen molar-refractivity contribution in [1.82, 2.24) is 9.38 Å². The topological polar surface area (TPSA) is 66.8 Å². The van der Waals surface area contributed by atoms with E-state index in [0.29, 0.717) is 19.6 Å². The third kappa shape index (κ3) is 2.78. The number of nitrogens with zero attached hydrogens (tertiary/aromatic N) is 3. The largest absolute Gasteiger partial charge is 0.395 e. The van der Waals surface area contributed by atoms with Crippen molar-refractivity contribution in [2.24, 2.45) is 5.73 Å². The first-order chi connectivity index (χ1) is 10.3. The average Bonchev–Trinajstić information content (AvgIpc) is 3.08. The molecule has 1 aromatic carbocycles. The smallest absolute Gasteiger partial charge is 0.195 e. The molecular formula is C15H18N4OS. The molecule has 0 spiro atoms. The molecule has 3 aromatic rings. The van der Waals surface area contributed by atoms with Gasteiger partial charge in [-0.25, -0.2) is 4.98 Å². The number of aliphatic hydroxyl groups excluding tert-OH is 1. The van der Waals surface area contributed by atoms with Crippen LogP contribution in [0.5, 0.6) is 0 Å². The fraction of sp³-hybridized carbons (Fsp3) is 0.267. The fourth-order valence-corrected chi connectivity index (χ4v) is 3.18. The maximum Gasteiger partial charge on any atom is 0.195 e. The number of hydrogen-bond donors (Lipinski definition) is 2. The molecule has 110 valence electrons. The maximum absolute atomic E-state index is 9.36. The van der Waals surface area contributed by atoms with E-state index in [2.05, 4.69) is 22.0 Å². The Morgan fingerprint density at radius 2 is 2.10 bits per heavy atom. The van der Waals surface area contributed by atoms with Crippen LogP contribution in [0.2, 0.25) is 0 Å². The molecule has 0 bridgehead atoms. The fourth-order valence-electron chi connectivity index (χ4n) is 2.45. The van der Waals surface area contributed by atoms with Crippen LogP contribution in [-0.2, 0) is 13.1 Å². The number of aliphatic hydroxyl groups is 1. The van der Waals surface area contributed by atoms with Crippen molar-refractivity contribution >= 4 is 22.1 Å². The second-order valence-electron chi connectivity index (χ2n) is 4.77. The summed E-state index contributed by atoms with van der Waals surface area (Å²) in [5.41, 5.74) is 8.07. The highest BCUT2D eigenvalue weighted by atomic mass is 32.1. The third-order valence-corrected chi connectivity index (χ3v) is 4.18. The molecule has 0 radical (unpaired) electrons. The second-order valence-corrected chi connectivity index (χ2v) is 5.65. The van der Waals surface area contributed by atoms with Gasteiger partial charge in [-0.2, -0.15) is 0 Å². The Labute approximate surface area is 127 Å². The molecule has 0 aliphatic carbocycles. The molecule has 2 heterocycles. The number of rotatable bonds is 6. The highest BCUT2D eigenvalue weighted by Crippen LogP contribution is 2.25. The van der Waals surface area contributed by atoms with Crippen LogP contribution in [0, 0.1) is 0 Å². The van der Waals surface area contributed by atoms with Crippen LogP contribution in [0.25, 0.3) is 4.96 Å². The lowest BCUT2D eigenvalue weighted by atomic mass is 10.2. The molecule has 0 atom stereocenters. The number of anilines is 1. The van der Waals surface area contributed by atoms with Crippen molar-refractivity contribution in [3.05, 3.63) is 53.2 Å². The van der Waals surface area contributed by atoms with Gasteiger partial charge in [-0.1, -0.05) is 30.3 Å². The monoisotopic (exact) mass is 302 g/mol. The zero-order valence-electron chi connectivity index (χ0n) is 11.6. The van der Waals surface area contributed by atoms with Crippen molar-refractivity contribution in [3.8, 4) is 0 Å². The molecule has 6 heteroatoms. The van der Waals surface area contributed by atoms with Gasteiger partial charge in [-0.15, -0.1) is 11.3 Å². The predicted molar refractivity (Wildman–Crippen MR) is 85.5 cm³/mol. The highest BCUT2D eigenvalue weighted by Gasteiger charge is 2.18. The summed E-state index contributed by atoms with van der Waals surface area (Å²) in [5.74, 6) is 0.863. The lowest BCUT2D eigenvalue weighted by Gasteiger charge is -2.22.